The lowest BCUT2D eigenvalue weighted by molar-refractivity contribution is 0.0599. The van der Waals surface area contributed by atoms with Gasteiger partial charge in [0.25, 0.3) is 5.91 Å². The zero-order valence-electron chi connectivity index (χ0n) is 10.5. The molecule has 0 unspecified atom stereocenters. The maximum atomic E-state index is 12.2. The fourth-order valence-electron chi connectivity index (χ4n) is 2.01. The zero-order valence-corrected chi connectivity index (χ0v) is 11.3. The molecule has 0 aliphatic carbocycles. The molecular weight excluding hydrogens is 236 g/mol. The number of carbonyl (C=O) groups excluding carboxylic acids is 1. The van der Waals surface area contributed by atoms with Gasteiger partial charge in [-0.05, 0) is 32.3 Å². The van der Waals surface area contributed by atoms with Crippen LogP contribution in [0.4, 0.5) is 0 Å². The highest BCUT2D eigenvalue weighted by atomic mass is 32.1. The molecule has 1 fully saturated rings. The first-order valence-corrected chi connectivity index (χ1v) is 6.69. The number of nitrogens with zero attached hydrogens (tertiary/aromatic N) is 4. The second kappa shape index (κ2) is 5.10. The van der Waals surface area contributed by atoms with E-state index in [0.717, 1.165) is 31.9 Å². The first kappa shape index (κ1) is 12.4. The maximum Gasteiger partial charge on any atom is 0.267 e. The highest BCUT2D eigenvalue weighted by Crippen LogP contribution is 2.15. The minimum atomic E-state index is 0.0842. The molecule has 2 rings (SSSR count). The number of piperazine rings is 1. The highest BCUT2D eigenvalue weighted by Gasteiger charge is 2.25. The predicted octanol–water partition coefficient (Wildman–Crippen LogP) is 1.01. The van der Waals surface area contributed by atoms with Crippen LogP contribution in [0.15, 0.2) is 0 Å². The Morgan fingerprint density at radius 2 is 1.94 bits per heavy atom. The summed E-state index contributed by atoms with van der Waals surface area (Å²) in [7, 11) is 0. The van der Waals surface area contributed by atoms with Crippen LogP contribution in [0.2, 0.25) is 0 Å². The number of amides is 1. The number of aromatic nitrogens is 2. The van der Waals surface area contributed by atoms with Crippen LogP contribution in [0.25, 0.3) is 0 Å². The van der Waals surface area contributed by atoms with Crippen molar-refractivity contribution < 1.29 is 4.79 Å². The fraction of sp³-hybridized carbons (Fsp3) is 0.727. The molecule has 0 bridgehead atoms. The Morgan fingerprint density at radius 1 is 1.29 bits per heavy atom. The molecule has 0 spiro atoms. The van der Waals surface area contributed by atoms with Gasteiger partial charge in [0.2, 0.25) is 0 Å². The van der Waals surface area contributed by atoms with Crippen molar-refractivity contribution in [3.63, 3.8) is 0 Å². The van der Waals surface area contributed by atoms with Crippen LogP contribution >= 0.6 is 11.5 Å². The van der Waals surface area contributed by atoms with E-state index >= 15 is 0 Å². The van der Waals surface area contributed by atoms with Crippen molar-refractivity contribution in [3.05, 3.63) is 10.6 Å². The summed E-state index contributed by atoms with van der Waals surface area (Å²) in [6.07, 6.45) is 0. The predicted molar refractivity (Wildman–Crippen MR) is 67.3 cm³/mol. The molecule has 1 aliphatic heterocycles. The Kier molecular flexibility index (Phi) is 3.73. The third-order valence-electron chi connectivity index (χ3n) is 3.18. The topological polar surface area (TPSA) is 49.3 Å². The summed E-state index contributed by atoms with van der Waals surface area (Å²) in [4.78, 5) is 17.2. The van der Waals surface area contributed by atoms with Gasteiger partial charge in [0, 0.05) is 32.2 Å². The summed E-state index contributed by atoms with van der Waals surface area (Å²) in [5.74, 6) is 0.0842. The first-order valence-electron chi connectivity index (χ1n) is 5.92. The molecule has 1 aromatic heterocycles. The third kappa shape index (κ3) is 2.63. The lowest BCUT2D eigenvalue weighted by Crippen LogP contribution is -2.50. The lowest BCUT2D eigenvalue weighted by atomic mass is 10.2. The Bertz CT molecular complexity index is 396. The van der Waals surface area contributed by atoms with E-state index in [1.165, 1.54) is 11.5 Å². The molecule has 0 aromatic carbocycles. The number of aryl methyl sites for hydroxylation is 1. The van der Waals surface area contributed by atoms with Crippen LogP contribution < -0.4 is 0 Å². The quantitative estimate of drug-likeness (QED) is 0.790. The monoisotopic (exact) mass is 254 g/mol. The average Bonchev–Trinajstić information content (AvgIpc) is 2.74. The zero-order chi connectivity index (χ0) is 12.4. The van der Waals surface area contributed by atoms with Crippen molar-refractivity contribution in [2.24, 2.45) is 0 Å². The molecule has 1 saturated heterocycles. The van der Waals surface area contributed by atoms with Crippen molar-refractivity contribution >= 4 is 17.4 Å². The molecule has 1 amide bonds. The number of rotatable bonds is 2. The smallest absolute Gasteiger partial charge is 0.267 e. The van der Waals surface area contributed by atoms with Gasteiger partial charge in [0.05, 0.1) is 5.69 Å². The van der Waals surface area contributed by atoms with Gasteiger partial charge in [-0.2, -0.15) is 0 Å². The molecule has 94 valence electrons. The van der Waals surface area contributed by atoms with Gasteiger partial charge < -0.3 is 4.90 Å². The summed E-state index contributed by atoms with van der Waals surface area (Å²) in [6, 6.07) is 0.555. The molecule has 2 heterocycles. The van der Waals surface area contributed by atoms with Gasteiger partial charge in [0.1, 0.15) is 4.88 Å². The maximum absolute atomic E-state index is 12.2. The summed E-state index contributed by atoms with van der Waals surface area (Å²) < 4.78 is 3.81. The van der Waals surface area contributed by atoms with Crippen LogP contribution in [0, 0.1) is 6.92 Å². The van der Waals surface area contributed by atoms with Crippen molar-refractivity contribution in [2.45, 2.75) is 26.8 Å². The highest BCUT2D eigenvalue weighted by molar-refractivity contribution is 7.07. The summed E-state index contributed by atoms with van der Waals surface area (Å²) in [5.41, 5.74) is 0.742. The van der Waals surface area contributed by atoms with Gasteiger partial charge in [-0.1, -0.05) is 4.49 Å². The van der Waals surface area contributed by atoms with Crippen LogP contribution in [-0.4, -0.2) is 57.5 Å². The molecule has 1 aliphatic rings. The summed E-state index contributed by atoms with van der Waals surface area (Å²) in [5, 5.41) is 3.89. The molecule has 17 heavy (non-hydrogen) atoms. The standard InChI is InChI=1S/C11H18N4OS/c1-8(2)14-4-6-15(7-5-14)11(16)10-9(3)12-13-17-10/h8H,4-7H2,1-3H3. The molecule has 6 heteroatoms. The molecule has 0 N–H and O–H groups in total. The largest absolute Gasteiger partial charge is 0.335 e. The van der Waals surface area contributed by atoms with Gasteiger partial charge in [-0.15, -0.1) is 5.10 Å². The summed E-state index contributed by atoms with van der Waals surface area (Å²) in [6.45, 7) is 9.72. The molecule has 5 nitrogen and oxygen atoms in total. The van der Waals surface area contributed by atoms with E-state index in [1.54, 1.807) is 0 Å². The Labute approximate surface area is 106 Å². The second-order valence-corrected chi connectivity index (χ2v) is 5.36. The number of hydrogen-bond donors (Lipinski definition) is 0. The van der Waals surface area contributed by atoms with E-state index in [0.29, 0.717) is 10.9 Å². The molecule has 0 radical (unpaired) electrons. The van der Waals surface area contributed by atoms with Crippen LogP contribution in [0.5, 0.6) is 0 Å². The second-order valence-electron chi connectivity index (χ2n) is 4.61. The van der Waals surface area contributed by atoms with Crippen molar-refractivity contribution in [3.8, 4) is 0 Å². The van der Waals surface area contributed by atoms with Crippen molar-refractivity contribution in [1.29, 1.82) is 0 Å². The average molecular weight is 254 g/mol. The van der Waals surface area contributed by atoms with E-state index in [1.807, 2.05) is 11.8 Å². The van der Waals surface area contributed by atoms with Gasteiger partial charge >= 0.3 is 0 Å². The van der Waals surface area contributed by atoms with E-state index in [2.05, 4.69) is 28.3 Å². The number of carbonyl (C=O) groups is 1. The van der Waals surface area contributed by atoms with Crippen LogP contribution in [0.3, 0.4) is 0 Å². The molecule has 0 atom stereocenters. The molecule has 0 saturated carbocycles. The lowest BCUT2D eigenvalue weighted by Gasteiger charge is -2.36. The van der Waals surface area contributed by atoms with E-state index in [9.17, 15) is 4.79 Å². The van der Waals surface area contributed by atoms with E-state index < -0.39 is 0 Å². The Morgan fingerprint density at radius 3 is 2.41 bits per heavy atom. The first-order chi connectivity index (χ1) is 8.09. The normalized spacial score (nSPS) is 17.8. The van der Waals surface area contributed by atoms with E-state index in [-0.39, 0.29) is 5.91 Å². The van der Waals surface area contributed by atoms with E-state index in [4.69, 9.17) is 0 Å². The van der Waals surface area contributed by atoms with Crippen molar-refractivity contribution in [2.75, 3.05) is 26.2 Å². The van der Waals surface area contributed by atoms with Crippen molar-refractivity contribution in [1.82, 2.24) is 19.4 Å². The van der Waals surface area contributed by atoms with Gasteiger partial charge in [-0.25, -0.2) is 0 Å². The fourth-order valence-corrected chi connectivity index (χ4v) is 2.64. The Hall–Kier alpha value is -1.01. The molecule has 1 aromatic rings. The van der Waals surface area contributed by atoms with Crippen LogP contribution in [0.1, 0.15) is 29.2 Å². The third-order valence-corrected chi connectivity index (χ3v) is 3.99. The minimum absolute atomic E-state index is 0.0842. The Balaban J connectivity index is 1.98. The van der Waals surface area contributed by atoms with Gasteiger partial charge in [-0.3, -0.25) is 9.69 Å². The SMILES string of the molecule is Cc1nnsc1C(=O)N1CCN(C(C)C)CC1. The van der Waals surface area contributed by atoms with Crippen LogP contribution in [-0.2, 0) is 0 Å². The molecular formula is C11H18N4OS. The summed E-state index contributed by atoms with van der Waals surface area (Å²) >= 11 is 1.19. The van der Waals surface area contributed by atoms with Gasteiger partial charge in [0.15, 0.2) is 0 Å². The number of hydrogen-bond acceptors (Lipinski definition) is 5. The minimum Gasteiger partial charge on any atom is -0.335 e.